The zero-order valence-electron chi connectivity index (χ0n) is 8.08. The van der Waals surface area contributed by atoms with Crippen LogP contribution in [0.1, 0.15) is 4.88 Å². The molecule has 1 N–H and O–H groups in total. The number of carbonyl (C=O) groups is 1. The predicted molar refractivity (Wildman–Crippen MR) is 76.2 cm³/mol. The van der Waals surface area contributed by atoms with Crippen LogP contribution in [0.5, 0.6) is 0 Å². The summed E-state index contributed by atoms with van der Waals surface area (Å²) in [7, 11) is 1.65. The number of thiophene rings is 1. The Morgan fingerprint density at radius 3 is 2.69 bits per heavy atom. The van der Waals surface area contributed by atoms with Crippen LogP contribution in [0.15, 0.2) is 20.0 Å². The molecule has 3 nitrogen and oxygen atoms in total. The third-order valence-electron chi connectivity index (χ3n) is 2.03. The Labute approximate surface area is 119 Å². The van der Waals surface area contributed by atoms with Gasteiger partial charge in [-0.05, 0) is 56.2 Å². The summed E-state index contributed by atoms with van der Waals surface area (Å²) in [6, 6.07) is 1.94. The second-order valence-electron chi connectivity index (χ2n) is 3.12. The minimum atomic E-state index is -0.106. The SMILES string of the molecule is CN1C(=O)/C(=C\c2cc(Br)c(Br)s2)NC1=S. The average Bonchev–Trinajstić information content (AvgIpc) is 2.64. The number of rotatable bonds is 1. The van der Waals surface area contributed by atoms with E-state index in [0.29, 0.717) is 10.8 Å². The maximum absolute atomic E-state index is 11.7. The maximum atomic E-state index is 11.7. The highest BCUT2D eigenvalue weighted by atomic mass is 79.9. The molecule has 1 aromatic rings. The molecule has 0 atom stereocenters. The van der Waals surface area contributed by atoms with Gasteiger partial charge in [-0.3, -0.25) is 9.69 Å². The molecular weight excluding hydrogens is 376 g/mol. The summed E-state index contributed by atoms with van der Waals surface area (Å²) >= 11 is 13.3. The van der Waals surface area contributed by atoms with Crippen LogP contribution < -0.4 is 5.32 Å². The smallest absolute Gasteiger partial charge is 0.276 e. The van der Waals surface area contributed by atoms with Gasteiger partial charge in [-0.25, -0.2) is 0 Å². The third-order valence-corrected chi connectivity index (χ3v) is 5.61. The second kappa shape index (κ2) is 4.56. The Kier molecular flexibility index (Phi) is 3.48. The van der Waals surface area contributed by atoms with E-state index in [0.717, 1.165) is 13.1 Å². The highest BCUT2D eigenvalue weighted by Crippen LogP contribution is 2.33. The Hall–Kier alpha value is -0.240. The van der Waals surface area contributed by atoms with E-state index in [1.54, 1.807) is 24.5 Å². The van der Waals surface area contributed by atoms with Crippen molar-refractivity contribution in [3.63, 3.8) is 0 Å². The molecule has 2 rings (SSSR count). The molecule has 0 saturated carbocycles. The normalized spacial score (nSPS) is 18.4. The van der Waals surface area contributed by atoms with Gasteiger partial charge in [0, 0.05) is 16.4 Å². The van der Waals surface area contributed by atoms with E-state index in [1.807, 2.05) is 6.07 Å². The van der Waals surface area contributed by atoms with Crippen LogP contribution in [-0.2, 0) is 4.79 Å². The van der Waals surface area contributed by atoms with Crippen molar-refractivity contribution in [3.8, 4) is 0 Å². The van der Waals surface area contributed by atoms with Gasteiger partial charge in [-0.1, -0.05) is 0 Å². The fourth-order valence-corrected chi connectivity index (χ4v) is 3.43. The summed E-state index contributed by atoms with van der Waals surface area (Å²) in [4.78, 5) is 14.1. The molecule has 7 heteroatoms. The van der Waals surface area contributed by atoms with Gasteiger partial charge in [-0.2, -0.15) is 0 Å². The lowest BCUT2D eigenvalue weighted by molar-refractivity contribution is -0.121. The molecular formula is C9H6Br2N2OS2. The molecule has 0 bridgehead atoms. The number of hydrogen-bond acceptors (Lipinski definition) is 3. The van der Waals surface area contributed by atoms with Gasteiger partial charge in [0.05, 0.1) is 3.79 Å². The van der Waals surface area contributed by atoms with Crippen LogP contribution >= 0.6 is 55.4 Å². The standard InChI is InChI=1S/C9H6Br2N2OS2/c1-13-8(14)6(12-9(13)15)3-4-2-5(10)7(11)16-4/h2-3H,1H3,(H,12,15)/b6-3+. The van der Waals surface area contributed by atoms with Gasteiger partial charge >= 0.3 is 0 Å². The molecule has 84 valence electrons. The first-order chi connectivity index (χ1) is 7.49. The molecule has 1 aliphatic heterocycles. The molecule has 1 amide bonds. The van der Waals surface area contributed by atoms with Gasteiger partial charge < -0.3 is 5.32 Å². The summed E-state index contributed by atoms with van der Waals surface area (Å²) in [6.07, 6.45) is 1.79. The molecule has 2 heterocycles. The monoisotopic (exact) mass is 380 g/mol. The quantitative estimate of drug-likeness (QED) is 0.599. The largest absolute Gasteiger partial charge is 0.328 e. The van der Waals surface area contributed by atoms with Crippen molar-refractivity contribution in [2.24, 2.45) is 0 Å². The number of hydrogen-bond donors (Lipinski definition) is 1. The molecule has 0 aliphatic carbocycles. The van der Waals surface area contributed by atoms with Crippen LogP contribution in [0.2, 0.25) is 0 Å². The first-order valence-corrected chi connectivity index (χ1v) is 7.05. The summed E-state index contributed by atoms with van der Waals surface area (Å²) in [5.74, 6) is -0.106. The highest BCUT2D eigenvalue weighted by molar-refractivity contribution is 9.13. The molecule has 0 aromatic carbocycles. The van der Waals surface area contributed by atoms with Crippen LogP contribution in [0.25, 0.3) is 6.08 Å². The summed E-state index contributed by atoms with van der Waals surface area (Å²) in [5.41, 5.74) is 0.508. The van der Waals surface area contributed by atoms with E-state index in [-0.39, 0.29) is 5.91 Å². The summed E-state index contributed by atoms with van der Waals surface area (Å²) in [6.45, 7) is 0. The van der Waals surface area contributed by atoms with Gasteiger partial charge in [0.2, 0.25) is 0 Å². The Morgan fingerprint density at radius 2 is 2.25 bits per heavy atom. The minimum absolute atomic E-state index is 0.106. The predicted octanol–water partition coefficient (Wildman–Crippen LogP) is 2.96. The summed E-state index contributed by atoms with van der Waals surface area (Å²) < 4.78 is 1.98. The minimum Gasteiger partial charge on any atom is -0.328 e. The second-order valence-corrected chi connectivity index (χ2v) is 6.77. The van der Waals surface area contributed by atoms with Crippen molar-refractivity contribution < 1.29 is 4.79 Å². The van der Waals surface area contributed by atoms with Crippen molar-refractivity contribution in [2.45, 2.75) is 0 Å². The van der Waals surface area contributed by atoms with Gasteiger partial charge in [0.25, 0.3) is 5.91 Å². The average molecular weight is 382 g/mol. The van der Waals surface area contributed by atoms with Crippen molar-refractivity contribution in [1.29, 1.82) is 0 Å². The molecule has 1 aromatic heterocycles. The van der Waals surface area contributed by atoms with Gasteiger partial charge in [0.1, 0.15) is 5.70 Å². The number of amides is 1. The number of likely N-dealkylation sites (N-methyl/N-ethyl adjacent to an activating group) is 1. The van der Waals surface area contributed by atoms with E-state index < -0.39 is 0 Å². The lowest BCUT2D eigenvalue weighted by atomic mass is 10.3. The fourth-order valence-electron chi connectivity index (χ4n) is 1.20. The zero-order valence-corrected chi connectivity index (χ0v) is 12.9. The Bertz CT molecular complexity index is 490. The maximum Gasteiger partial charge on any atom is 0.276 e. The van der Waals surface area contributed by atoms with Crippen molar-refractivity contribution in [2.75, 3.05) is 7.05 Å². The zero-order chi connectivity index (χ0) is 11.9. The molecule has 1 saturated heterocycles. The van der Waals surface area contributed by atoms with E-state index in [9.17, 15) is 4.79 Å². The molecule has 0 spiro atoms. The van der Waals surface area contributed by atoms with Crippen LogP contribution in [0, 0.1) is 0 Å². The van der Waals surface area contributed by atoms with E-state index in [4.69, 9.17) is 12.2 Å². The molecule has 0 radical (unpaired) electrons. The first-order valence-electron chi connectivity index (χ1n) is 4.24. The number of carbonyl (C=O) groups excluding carboxylic acids is 1. The van der Waals surface area contributed by atoms with E-state index in [1.165, 1.54) is 4.90 Å². The molecule has 1 aliphatic rings. The van der Waals surface area contributed by atoms with Crippen molar-refractivity contribution >= 4 is 72.5 Å². The van der Waals surface area contributed by atoms with Crippen molar-refractivity contribution in [1.82, 2.24) is 10.2 Å². The van der Waals surface area contributed by atoms with Crippen LogP contribution in [0.4, 0.5) is 0 Å². The molecule has 0 unspecified atom stereocenters. The molecule has 1 fully saturated rings. The lowest BCUT2D eigenvalue weighted by Crippen LogP contribution is -2.25. The fraction of sp³-hybridized carbons (Fsp3) is 0.111. The molecule has 16 heavy (non-hydrogen) atoms. The van der Waals surface area contributed by atoms with E-state index >= 15 is 0 Å². The van der Waals surface area contributed by atoms with Crippen LogP contribution in [-0.4, -0.2) is 23.0 Å². The topological polar surface area (TPSA) is 32.3 Å². The van der Waals surface area contributed by atoms with Gasteiger partial charge in [-0.15, -0.1) is 11.3 Å². The third kappa shape index (κ3) is 2.22. The Morgan fingerprint density at radius 1 is 1.56 bits per heavy atom. The van der Waals surface area contributed by atoms with Crippen molar-refractivity contribution in [3.05, 3.63) is 24.9 Å². The number of halogens is 2. The summed E-state index contributed by atoms with van der Waals surface area (Å²) in [5, 5.41) is 3.31. The first kappa shape index (κ1) is 12.2. The number of nitrogens with one attached hydrogen (secondary N) is 1. The van der Waals surface area contributed by atoms with E-state index in [2.05, 4.69) is 37.2 Å². The van der Waals surface area contributed by atoms with Crippen LogP contribution in [0.3, 0.4) is 0 Å². The highest BCUT2D eigenvalue weighted by Gasteiger charge is 2.27. The number of thiocarbonyl (C=S) groups is 1. The number of nitrogens with zero attached hydrogens (tertiary/aromatic N) is 1. The lowest BCUT2D eigenvalue weighted by Gasteiger charge is -2.02. The van der Waals surface area contributed by atoms with Gasteiger partial charge in [0.15, 0.2) is 5.11 Å². The Balaban J connectivity index is 2.32.